The van der Waals surface area contributed by atoms with Crippen LogP contribution in [0.25, 0.3) is 0 Å². The minimum atomic E-state index is -1.19. The Morgan fingerprint density at radius 3 is 2.19 bits per heavy atom. The smallest absolute Gasteiger partial charge is 0.322 e. The zero-order chi connectivity index (χ0) is 24.1. The Kier molecular flexibility index (Phi) is 12.0. The lowest BCUT2D eigenvalue weighted by atomic mass is 10.0. The highest BCUT2D eigenvalue weighted by Crippen LogP contribution is 2.07. The number of rotatable bonds is 14. The van der Waals surface area contributed by atoms with Gasteiger partial charge < -0.3 is 32.5 Å². The van der Waals surface area contributed by atoms with Crippen molar-refractivity contribution in [1.82, 2.24) is 16.0 Å². The molecule has 32 heavy (non-hydrogen) atoms. The van der Waals surface area contributed by atoms with Crippen molar-refractivity contribution in [1.29, 1.82) is 0 Å². The first-order chi connectivity index (χ1) is 15.1. The molecule has 178 valence electrons. The number of carbonyl (C=O) groups is 4. The summed E-state index contributed by atoms with van der Waals surface area (Å²) >= 11 is 0. The summed E-state index contributed by atoms with van der Waals surface area (Å²) in [6, 6.07) is 6.60. The van der Waals surface area contributed by atoms with Crippen LogP contribution in [0.5, 0.6) is 0 Å². The van der Waals surface area contributed by atoms with Gasteiger partial charge in [0.05, 0.1) is 6.04 Å². The number of benzene rings is 1. The zero-order valence-electron chi connectivity index (χ0n) is 18.7. The molecule has 8 N–H and O–H groups in total. The van der Waals surface area contributed by atoms with Crippen molar-refractivity contribution in [3.63, 3.8) is 0 Å². The maximum Gasteiger partial charge on any atom is 0.322 e. The minimum Gasteiger partial charge on any atom is -0.480 e. The largest absolute Gasteiger partial charge is 0.480 e. The number of unbranched alkanes of at least 4 members (excludes halogenated alkanes) is 1. The number of hydrogen-bond acceptors (Lipinski definition) is 6. The summed E-state index contributed by atoms with van der Waals surface area (Å²) in [5, 5.41) is 16.3. The van der Waals surface area contributed by atoms with Crippen LogP contribution in [0.2, 0.25) is 0 Å². The summed E-state index contributed by atoms with van der Waals surface area (Å²) in [6.45, 7) is 3.34. The maximum absolute atomic E-state index is 12.9. The normalized spacial score (nSPS) is 13.7. The van der Waals surface area contributed by atoms with E-state index >= 15 is 0 Å². The van der Waals surface area contributed by atoms with E-state index in [1.165, 1.54) is 0 Å². The van der Waals surface area contributed by atoms with Crippen molar-refractivity contribution in [2.24, 2.45) is 17.4 Å². The summed E-state index contributed by atoms with van der Waals surface area (Å²) in [6.07, 6.45) is 1.91. The predicted molar refractivity (Wildman–Crippen MR) is 120 cm³/mol. The Labute approximate surface area is 188 Å². The lowest BCUT2D eigenvalue weighted by Gasteiger charge is -2.26. The summed E-state index contributed by atoms with van der Waals surface area (Å²) in [5.74, 6) is -3.10. The molecule has 0 saturated heterocycles. The van der Waals surface area contributed by atoms with Crippen LogP contribution in [-0.4, -0.2) is 60.0 Å². The molecule has 10 nitrogen and oxygen atoms in total. The first-order valence-corrected chi connectivity index (χ1v) is 10.8. The fourth-order valence-corrected chi connectivity index (χ4v) is 3.06. The van der Waals surface area contributed by atoms with Crippen LogP contribution in [0.15, 0.2) is 30.3 Å². The van der Waals surface area contributed by atoms with Gasteiger partial charge in [0, 0.05) is 0 Å². The topological polar surface area (TPSA) is 177 Å². The molecular formula is C22H35N5O5. The standard InChI is InChI=1S/C22H35N5O5/c1-14(2)19(22(32)25-13-18(28)29)27-21(31)17(10-6-7-11-23)26-20(30)16(24)12-15-8-4-3-5-9-15/h3-5,8-9,14,16-17,19H,6-7,10-13,23-24H2,1-2H3,(H,25,32)(H,26,30)(H,27,31)(H,28,29). The number of aliphatic carboxylic acids is 1. The molecule has 0 aliphatic heterocycles. The van der Waals surface area contributed by atoms with E-state index in [1.54, 1.807) is 13.8 Å². The van der Waals surface area contributed by atoms with Crippen LogP contribution >= 0.6 is 0 Å². The summed E-state index contributed by atoms with van der Waals surface area (Å²) in [7, 11) is 0. The van der Waals surface area contributed by atoms with E-state index in [-0.39, 0.29) is 5.92 Å². The lowest BCUT2D eigenvalue weighted by molar-refractivity contribution is -0.139. The molecule has 0 spiro atoms. The van der Waals surface area contributed by atoms with Crippen LogP contribution in [0.1, 0.15) is 38.7 Å². The molecule has 0 radical (unpaired) electrons. The molecule has 1 rings (SSSR count). The molecule has 0 bridgehead atoms. The SMILES string of the molecule is CC(C)C(NC(=O)C(CCCCN)NC(=O)C(N)Cc1ccccc1)C(=O)NCC(=O)O. The van der Waals surface area contributed by atoms with Crippen LogP contribution < -0.4 is 27.4 Å². The number of hydrogen-bond donors (Lipinski definition) is 6. The van der Waals surface area contributed by atoms with Crippen molar-refractivity contribution >= 4 is 23.7 Å². The first-order valence-electron chi connectivity index (χ1n) is 10.8. The third-order valence-electron chi connectivity index (χ3n) is 4.88. The van der Waals surface area contributed by atoms with E-state index in [9.17, 15) is 19.2 Å². The van der Waals surface area contributed by atoms with Crippen molar-refractivity contribution in [2.75, 3.05) is 13.1 Å². The Hall–Kier alpha value is -2.98. The number of carbonyl (C=O) groups excluding carboxylic acids is 3. The first kappa shape index (κ1) is 27.1. The molecule has 3 unspecified atom stereocenters. The van der Waals surface area contributed by atoms with Gasteiger partial charge in [-0.15, -0.1) is 0 Å². The molecule has 3 atom stereocenters. The van der Waals surface area contributed by atoms with E-state index in [0.717, 1.165) is 5.56 Å². The highest BCUT2D eigenvalue weighted by Gasteiger charge is 2.29. The predicted octanol–water partition coefficient (Wildman–Crippen LogP) is -0.488. The Morgan fingerprint density at radius 2 is 1.62 bits per heavy atom. The van der Waals surface area contributed by atoms with Gasteiger partial charge in [-0.3, -0.25) is 19.2 Å². The van der Waals surface area contributed by atoms with Crippen molar-refractivity contribution < 1.29 is 24.3 Å². The Balaban J connectivity index is 2.83. The van der Waals surface area contributed by atoms with Gasteiger partial charge in [0.1, 0.15) is 18.6 Å². The molecule has 0 aromatic heterocycles. The monoisotopic (exact) mass is 449 g/mol. The van der Waals surface area contributed by atoms with Gasteiger partial charge in [-0.1, -0.05) is 44.2 Å². The lowest BCUT2D eigenvalue weighted by Crippen LogP contribution is -2.57. The highest BCUT2D eigenvalue weighted by molar-refractivity contribution is 5.93. The van der Waals surface area contributed by atoms with Crippen LogP contribution in [0.4, 0.5) is 0 Å². The molecular weight excluding hydrogens is 414 g/mol. The average Bonchev–Trinajstić information content (AvgIpc) is 2.75. The number of nitrogens with one attached hydrogen (secondary N) is 3. The molecule has 0 aliphatic carbocycles. The van der Waals surface area contributed by atoms with E-state index in [1.807, 2.05) is 30.3 Å². The van der Waals surface area contributed by atoms with E-state index in [2.05, 4.69) is 16.0 Å². The van der Waals surface area contributed by atoms with Gasteiger partial charge in [0.15, 0.2) is 0 Å². The third kappa shape index (κ3) is 9.88. The van der Waals surface area contributed by atoms with Gasteiger partial charge in [-0.25, -0.2) is 0 Å². The summed E-state index contributed by atoms with van der Waals surface area (Å²) in [5.41, 5.74) is 12.5. The molecule has 0 heterocycles. The second-order valence-corrected chi connectivity index (χ2v) is 7.98. The van der Waals surface area contributed by atoms with E-state index in [4.69, 9.17) is 16.6 Å². The minimum absolute atomic E-state index is 0.298. The quantitative estimate of drug-likeness (QED) is 0.208. The second-order valence-electron chi connectivity index (χ2n) is 7.98. The van der Waals surface area contributed by atoms with Crippen LogP contribution in [0, 0.1) is 5.92 Å². The van der Waals surface area contributed by atoms with Gasteiger partial charge >= 0.3 is 5.97 Å². The van der Waals surface area contributed by atoms with E-state index < -0.39 is 48.4 Å². The fourth-order valence-electron chi connectivity index (χ4n) is 3.06. The second kappa shape index (κ2) is 14.2. The van der Waals surface area contributed by atoms with Gasteiger partial charge in [-0.2, -0.15) is 0 Å². The molecule has 3 amide bonds. The summed E-state index contributed by atoms with van der Waals surface area (Å²) < 4.78 is 0. The number of carboxylic acids is 1. The zero-order valence-corrected chi connectivity index (χ0v) is 18.7. The van der Waals surface area contributed by atoms with Gasteiger partial charge in [0.25, 0.3) is 0 Å². The molecule has 1 aromatic carbocycles. The molecule has 10 heteroatoms. The van der Waals surface area contributed by atoms with Gasteiger partial charge in [0.2, 0.25) is 17.7 Å². The number of nitrogens with two attached hydrogens (primary N) is 2. The van der Waals surface area contributed by atoms with Crippen molar-refractivity contribution in [3.05, 3.63) is 35.9 Å². The molecule has 0 fully saturated rings. The average molecular weight is 450 g/mol. The Morgan fingerprint density at radius 1 is 0.969 bits per heavy atom. The van der Waals surface area contributed by atoms with E-state index in [0.29, 0.717) is 32.2 Å². The maximum atomic E-state index is 12.9. The number of carboxylic acid groups (broad SMARTS) is 1. The van der Waals surface area contributed by atoms with Crippen molar-refractivity contribution in [3.8, 4) is 0 Å². The van der Waals surface area contributed by atoms with Gasteiger partial charge in [-0.05, 0) is 43.7 Å². The molecule has 1 aromatic rings. The highest BCUT2D eigenvalue weighted by atomic mass is 16.4. The fraction of sp³-hybridized carbons (Fsp3) is 0.545. The molecule has 0 saturated carbocycles. The van der Waals surface area contributed by atoms with Crippen molar-refractivity contribution in [2.45, 2.75) is 57.7 Å². The third-order valence-corrected chi connectivity index (χ3v) is 4.88. The summed E-state index contributed by atoms with van der Waals surface area (Å²) in [4.78, 5) is 48.6. The molecule has 0 aliphatic rings. The van der Waals surface area contributed by atoms with Crippen LogP contribution in [-0.2, 0) is 25.6 Å². The Bertz CT molecular complexity index is 756. The van der Waals surface area contributed by atoms with Crippen LogP contribution in [0.3, 0.4) is 0 Å². The number of amides is 3.